The third kappa shape index (κ3) is 9.12. The molecular weight excluding hydrogens is 566 g/mol. The highest BCUT2D eigenvalue weighted by molar-refractivity contribution is 5.96. The van der Waals surface area contributed by atoms with Gasteiger partial charge in [0.1, 0.15) is 12.7 Å². The van der Waals surface area contributed by atoms with Crippen molar-refractivity contribution in [1.82, 2.24) is 4.90 Å². The van der Waals surface area contributed by atoms with Crippen LogP contribution >= 0.6 is 0 Å². The van der Waals surface area contributed by atoms with Gasteiger partial charge in [-0.15, -0.1) is 0 Å². The SMILES string of the molecule is COC(=O)C(C)(C)COC(=O)C(C)(C)c1ccc(C(=O)CCCN2CCC(OC(c3ccccc3)c3ccccc3)CC2)cc1. The maximum atomic E-state index is 13.0. The number of carbonyl (C=O) groups excluding carboxylic acids is 3. The summed E-state index contributed by atoms with van der Waals surface area (Å²) in [5.74, 6) is -0.790. The maximum Gasteiger partial charge on any atom is 0.316 e. The van der Waals surface area contributed by atoms with E-state index in [9.17, 15) is 14.4 Å². The van der Waals surface area contributed by atoms with Gasteiger partial charge in [-0.2, -0.15) is 0 Å². The van der Waals surface area contributed by atoms with Crippen LogP contribution in [0.1, 0.15) is 86.5 Å². The number of methoxy groups -OCH3 is 1. The van der Waals surface area contributed by atoms with Crippen LogP contribution in [0.25, 0.3) is 0 Å². The number of carbonyl (C=O) groups is 3. The summed E-state index contributed by atoms with van der Waals surface area (Å²) < 4.78 is 16.9. The van der Waals surface area contributed by atoms with Crippen LogP contribution < -0.4 is 0 Å². The minimum Gasteiger partial charge on any atom is -0.469 e. The minimum atomic E-state index is -0.939. The standard InChI is InChI=1S/C38H47NO6/c1-37(2,35(41)43-5)27-44-36(42)38(3,4)31-20-18-28(19-21-31)33(40)17-12-24-39-25-22-32(23-26-39)45-34(29-13-8-6-9-14-29)30-15-10-7-11-16-30/h6-11,13-16,18-21,32,34H,12,17,22-27H2,1-5H3. The van der Waals surface area contributed by atoms with E-state index in [1.54, 1.807) is 39.8 Å². The molecule has 7 nitrogen and oxygen atoms in total. The lowest BCUT2D eigenvalue weighted by Crippen LogP contribution is -2.38. The molecule has 240 valence electrons. The summed E-state index contributed by atoms with van der Waals surface area (Å²) in [6.07, 6.45) is 3.29. The summed E-state index contributed by atoms with van der Waals surface area (Å²) in [6, 6.07) is 28.0. The highest BCUT2D eigenvalue weighted by atomic mass is 16.5. The molecule has 0 saturated carbocycles. The Morgan fingerprint density at radius 2 is 1.36 bits per heavy atom. The van der Waals surface area contributed by atoms with Crippen LogP contribution in [0.15, 0.2) is 84.9 Å². The van der Waals surface area contributed by atoms with Crippen molar-refractivity contribution in [2.75, 3.05) is 33.4 Å². The number of benzene rings is 3. The number of hydrogen-bond acceptors (Lipinski definition) is 7. The predicted octanol–water partition coefficient (Wildman–Crippen LogP) is 6.94. The second-order valence-corrected chi connectivity index (χ2v) is 13.1. The van der Waals surface area contributed by atoms with Crippen molar-refractivity contribution in [3.05, 3.63) is 107 Å². The van der Waals surface area contributed by atoms with Gasteiger partial charge < -0.3 is 19.1 Å². The lowest BCUT2D eigenvalue weighted by atomic mass is 9.84. The number of esters is 2. The molecule has 0 atom stereocenters. The Bertz CT molecular complexity index is 1350. The molecule has 0 bridgehead atoms. The fourth-order valence-corrected chi connectivity index (χ4v) is 5.63. The highest BCUT2D eigenvalue weighted by Crippen LogP contribution is 2.30. The van der Waals surface area contributed by atoms with E-state index in [0.29, 0.717) is 12.0 Å². The topological polar surface area (TPSA) is 82.1 Å². The molecule has 1 aliphatic rings. The number of hydrogen-bond donors (Lipinski definition) is 0. The van der Waals surface area contributed by atoms with Gasteiger partial charge in [0.05, 0.1) is 24.0 Å². The second kappa shape index (κ2) is 15.5. The highest BCUT2D eigenvalue weighted by Gasteiger charge is 2.36. The van der Waals surface area contributed by atoms with Gasteiger partial charge in [0.2, 0.25) is 0 Å². The normalized spacial score (nSPS) is 14.7. The van der Waals surface area contributed by atoms with Crippen LogP contribution in [0.4, 0.5) is 0 Å². The first-order valence-corrected chi connectivity index (χ1v) is 15.9. The summed E-state index contributed by atoms with van der Waals surface area (Å²) >= 11 is 0. The molecule has 0 unspecified atom stereocenters. The molecule has 0 radical (unpaired) electrons. The maximum absolute atomic E-state index is 13.0. The summed E-state index contributed by atoms with van der Waals surface area (Å²) in [7, 11) is 1.31. The van der Waals surface area contributed by atoms with Crippen molar-refractivity contribution >= 4 is 17.7 Å². The third-order valence-corrected chi connectivity index (χ3v) is 8.69. The average Bonchev–Trinajstić information content (AvgIpc) is 3.07. The Morgan fingerprint density at radius 1 is 0.800 bits per heavy atom. The second-order valence-electron chi connectivity index (χ2n) is 13.1. The molecule has 1 aliphatic heterocycles. The van der Waals surface area contributed by atoms with E-state index in [1.807, 2.05) is 24.3 Å². The molecule has 0 spiro atoms. The van der Waals surface area contributed by atoms with Crippen LogP contribution in [-0.2, 0) is 29.2 Å². The van der Waals surface area contributed by atoms with Crippen molar-refractivity contribution in [2.45, 2.75) is 71.0 Å². The first-order chi connectivity index (χ1) is 21.5. The number of Topliss-reactive ketones (excluding diaryl/α,β-unsaturated/α-hetero) is 1. The van der Waals surface area contributed by atoms with Gasteiger partial charge >= 0.3 is 11.9 Å². The van der Waals surface area contributed by atoms with E-state index in [0.717, 1.165) is 44.5 Å². The molecule has 3 aromatic carbocycles. The molecule has 7 heteroatoms. The largest absolute Gasteiger partial charge is 0.469 e. The molecule has 1 saturated heterocycles. The summed E-state index contributed by atoms with van der Waals surface area (Å²) in [4.78, 5) is 40.2. The fraction of sp³-hybridized carbons (Fsp3) is 0.447. The summed E-state index contributed by atoms with van der Waals surface area (Å²) in [6.45, 7) is 9.58. The van der Waals surface area contributed by atoms with Gasteiger partial charge in [-0.3, -0.25) is 14.4 Å². The first-order valence-electron chi connectivity index (χ1n) is 15.9. The van der Waals surface area contributed by atoms with Crippen LogP contribution in [0.3, 0.4) is 0 Å². The van der Waals surface area contributed by atoms with E-state index >= 15 is 0 Å². The quantitative estimate of drug-likeness (QED) is 0.144. The molecule has 1 heterocycles. The molecule has 0 aliphatic carbocycles. The molecule has 1 fully saturated rings. The van der Waals surface area contributed by atoms with E-state index in [-0.39, 0.29) is 24.6 Å². The molecule has 0 amide bonds. The smallest absolute Gasteiger partial charge is 0.316 e. The third-order valence-electron chi connectivity index (χ3n) is 8.69. The van der Waals surface area contributed by atoms with Crippen LogP contribution in [-0.4, -0.2) is 62.1 Å². The molecule has 0 N–H and O–H groups in total. The number of piperidine rings is 1. The zero-order valence-corrected chi connectivity index (χ0v) is 27.3. The lowest BCUT2D eigenvalue weighted by Gasteiger charge is -2.34. The number of rotatable bonds is 14. The number of likely N-dealkylation sites (tertiary alicyclic amines) is 1. The minimum absolute atomic E-state index is 0.0783. The Kier molecular flexibility index (Phi) is 11.7. The van der Waals surface area contributed by atoms with Gasteiger partial charge in [0.15, 0.2) is 5.78 Å². The zero-order chi connectivity index (χ0) is 32.5. The van der Waals surface area contributed by atoms with Gasteiger partial charge in [0, 0.05) is 25.1 Å². The van der Waals surface area contributed by atoms with Gasteiger partial charge in [-0.05, 0) is 70.2 Å². The van der Waals surface area contributed by atoms with E-state index < -0.39 is 22.8 Å². The molecular formula is C38H47NO6. The summed E-state index contributed by atoms with van der Waals surface area (Å²) in [5, 5.41) is 0. The van der Waals surface area contributed by atoms with E-state index in [1.165, 1.54) is 18.2 Å². The number of nitrogens with zero attached hydrogens (tertiary/aromatic N) is 1. The molecule has 4 rings (SSSR count). The van der Waals surface area contributed by atoms with Gasteiger partial charge in [0.25, 0.3) is 0 Å². The monoisotopic (exact) mass is 613 g/mol. The number of ketones is 1. The predicted molar refractivity (Wildman–Crippen MR) is 175 cm³/mol. The van der Waals surface area contributed by atoms with Crippen LogP contribution in [0.2, 0.25) is 0 Å². The molecule has 0 aromatic heterocycles. The Morgan fingerprint density at radius 3 is 1.89 bits per heavy atom. The fourth-order valence-electron chi connectivity index (χ4n) is 5.63. The van der Waals surface area contributed by atoms with E-state index in [4.69, 9.17) is 14.2 Å². The van der Waals surface area contributed by atoms with Gasteiger partial charge in [-0.25, -0.2) is 0 Å². The van der Waals surface area contributed by atoms with Crippen molar-refractivity contribution in [2.24, 2.45) is 5.41 Å². The Labute approximate surface area is 267 Å². The molecule has 3 aromatic rings. The van der Waals surface area contributed by atoms with Crippen molar-refractivity contribution in [3.8, 4) is 0 Å². The van der Waals surface area contributed by atoms with E-state index in [2.05, 4.69) is 53.4 Å². The lowest BCUT2D eigenvalue weighted by molar-refractivity contribution is -0.161. The molecule has 45 heavy (non-hydrogen) atoms. The number of ether oxygens (including phenoxy) is 3. The summed E-state index contributed by atoms with van der Waals surface area (Å²) in [5.41, 5.74) is 1.84. The average molecular weight is 614 g/mol. The zero-order valence-electron chi connectivity index (χ0n) is 27.3. The Balaban J connectivity index is 1.22. The van der Waals surface area contributed by atoms with Crippen LogP contribution in [0.5, 0.6) is 0 Å². The van der Waals surface area contributed by atoms with Crippen LogP contribution in [0, 0.1) is 5.41 Å². The van der Waals surface area contributed by atoms with Gasteiger partial charge in [-0.1, -0.05) is 84.9 Å². The first kappa shape index (κ1) is 34.1. The van der Waals surface area contributed by atoms with Crippen molar-refractivity contribution < 1.29 is 28.6 Å². The van der Waals surface area contributed by atoms with Crippen molar-refractivity contribution in [3.63, 3.8) is 0 Å². The van der Waals surface area contributed by atoms with Crippen molar-refractivity contribution in [1.29, 1.82) is 0 Å². The Hall–Kier alpha value is -3.81.